The Morgan fingerprint density at radius 2 is 1.96 bits per heavy atom. The highest BCUT2D eigenvalue weighted by molar-refractivity contribution is 6.31. The van der Waals surface area contributed by atoms with Crippen molar-refractivity contribution in [3.63, 3.8) is 0 Å². The lowest BCUT2D eigenvalue weighted by Crippen LogP contribution is -2.20. The van der Waals surface area contributed by atoms with E-state index >= 15 is 0 Å². The topological polar surface area (TPSA) is 57.6 Å². The van der Waals surface area contributed by atoms with E-state index in [1.807, 2.05) is 31.4 Å². The molecule has 134 valence electrons. The fourth-order valence-electron chi connectivity index (χ4n) is 3.61. The van der Waals surface area contributed by atoms with Crippen LogP contribution < -0.4 is 5.56 Å². The first-order valence-electron chi connectivity index (χ1n) is 8.23. The van der Waals surface area contributed by atoms with E-state index in [0.717, 1.165) is 10.9 Å². The molecule has 0 radical (unpaired) electrons. The molecular formula is C19H13ClFN5O. The van der Waals surface area contributed by atoms with E-state index < -0.39 is 5.82 Å². The van der Waals surface area contributed by atoms with Gasteiger partial charge in [-0.25, -0.2) is 9.37 Å². The molecule has 0 N–H and O–H groups in total. The molecular weight excluding hydrogens is 369 g/mol. The van der Waals surface area contributed by atoms with Gasteiger partial charge in [-0.05, 0) is 24.3 Å². The van der Waals surface area contributed by atoms with Crippen LogP contribution in [0.2, 0.25) is 5.02 Å². The molecule has 0 saturated heterocycles. The number of fused-ring (bicyclic) bond motifs is 4. The number of pyridine rings is 1. The van der Waals surface area contributed by atoms with Crippen molar-refractivity contribution in [2.75, 3.05) is 0 Å². The normalized spacial score (nSPS) is 11.9. The van der Waals surface area contributed by atoms with Crippen LogP contribution in [0, 0.1) is 5.82 Å². The molecule has 8 heteroatoms. The second-order valence-corrected chi connectivity index (χ2v) is 6.90. The van der Waals surface area contributed by atoms with Gasteiger partial charge in [0.2, 0.25) is 0 Å². The largest absolute Gasteiger partial charge is 0.333 e. The SMILES string of the molecule is Cn1cc2c(-n3c(=O)c4ncn(C)c4c4cc(F)c(Cl)cc43)cccc2n1. The van der Waals surface area contributed by atoms with Gasteiger partial charge in [0.15, 0.2) is 5.52 Å². The lowest BCUT2D eigenvalue weighted by Gasteiger charge is -2.13. The summed E-state index contributed by atoms with van der Waals surface area (Å²) in [6.45, 7) is 0. The minimum atomic E-state index is -0.545. The highest BCUT2D eigenvalue weighted by Crippen LogP contribution is 2.30. The molecule has 0 aliphatic rings. The molecule has 0 aliphatic heterocycles. The maximum Gasteiger partial charge on any atom is 0.283 e. The number of benzene rings is 2. The molecule has 0 saturated carbocycles. The summed E-state index contributed by atoms with van der Waals surface area (Å²) in [4.78, 5) is 17.6. The average molecular weight is 382 g/mol. The van der Waals surface area contributed by atoms with E-state index in [4.69, 9.17) is 11.6 Å². The van der Waals surface area contributed by atoms with Gasteiger partial charge in [-0.3, -0.25) is 14.0 Å². The van der Waals surface area contributed by atoms with Crippen molar-refractivity contribution in [1.29, 1.82) is 0 Å². The highest BCUT2D eigenvalue weighted by Gasteiger charge is 2.19. The van der Waals surface area contributed by atoms with Gasteiger partial charge in [0.05, 0.1) is 33.6 Å². The summed E-state index contributed by atoms with van der Waals surface area (Å²) in [6.07, 6.45) is 3.39. The van der Waals surface area contributed by atoms with Gasteiger partial charge in [0.1, 0.15) is 5.82 Å². The molecule has 0 spiro atoms. The predicted molar refractivity (Wildman–Crippen MR) is 103 cm³/mol. The molecule has 0 unspecified atom stereocenters. The van der Waals surface area contributed by atoms with E-state index in [1.54, 1.807) is 22.6 Å². The summed E-state index contributed by atoms with van der Waals surface area (Å²) in [7, 11) is 3.59. The molecule has 0 atom stereocenters. The molecule has 0 fully saturated rings. The van der Waals surface area contributed by atoms with Crippen molar-refractivity contribution < 1.29 is 4.39 Å². The standard InChI is InChI=1S/C19H13ClFN5O/c1-24-9-22-17-18(24)10-6-13(21)12(20)7-16(10)26(19(17)27)15-5-3-4-14-11(15)8-25(2)23-14/h3-9H,1-2H3. The third kappa shape index (κ3) is 2.15. The first kappa shape index (κ1) is 16.0. The number of hydrogen-bond acceptors (Lipinski definition) is 3. The zero-order valence-corrected chi connectivity index (χ0v) is 15.2. The van der Waals surface area contributed by atoms with Crippen LogP contribution in [0.5, 0.6) is 0 Å². The lowest BCUT2D eigenvalue weighted by atomic mass is 10.1. The number of imidazole rings is 1. The maximum atomic E-state index is 14.2. The van der Waals surface area contributed by atoms with Crippen LogP contribution in [0.4, 0.5) is 4.39 Å². The molecule has 0 amide bonds. The van der Waals surface area contributed by atoms with Crippen LogP contribution in [0.1, 0.15) is 0 Å². The molecule has 2 aromatic carbocycles. The van der Waals surface area contributed by atoms with Crippen LogP contribution in [0.3, 0.4) is 0 Å². The summed E-state index contributed by atoms with van der Waals surface area (Å²) in [5.41, 5.74) is 2.46. The fourth-order valence-corrected chi connectivity index (χ4v) is 3.77. The second kappa shape index (κ2) is 5.40. The third-order valence-corrected chi connectivity index (χ3v) is 5.05. The van der Waals surface area contributed by atoms with Crippen LogP contribution >= 0.6 is 11.6 Å². The Morgan fingerprint density at radius 1 is 1.15 bits per heavy atom. The molecule has 27 heavy (non-hydrogen) atoms. The number of aromatic nitrogens is 5. The number of aryl methyl sites for hydroxylation is 2. The quantitative estimate of drug-likeness (QED) is 0.446. The monoisotopic (exact) mass is 381 g/mol. The van der Waals surface area contributed by atoms with Gasteiger partial charge in [0, 0.05) is 31.1 Å². The summed E-state index contributed by atoms with van der Waals surface area (Å²) >= 11 is 6.06. The van der Waals surface area contributed by atoms with Crippen molar-refractivity contribution >= 4 is 44.4 Å². The number of nitrogens with zero attached hydrogens (tertiary/aromatic N) is 5. The Hall–Kier alpha value is -3.19. The van der Waals surface area contributed by atoms with Gasteiger partial charge in [-0.1, -0.05) is 17.7 Å². The Kier molecular flexibility index (Phi) is 3.21. The minimum absolute atomic E-state index is 0.0458. The van der Waals surface area contributed by atoms with Gasteiger partial charge in [0.25, 0.3) is 5.56 Å². The van der Waals surface area contributed by atoms with Gasteiger partial charge >= 0.3 is 0 Å². The van der Waals surface area contributed by atoms with Crippen LogP contribution in [-0.2, 0) is 14.1 Å². The Morgan fingerprint density at radius 3 is 2.78 bits per heavy atom. The molecule has 0 bridgehead atoms. The van der Waals surface area contributed by atoms with Crippen LogP contribution in [-0.4, -0.2) is 23.9 Å². The number of hydrogen-bond donors (Lipinski definition) is 0. The van der Waals surface area contributed by atoms with E-state index in [1.165, 1.54) is 16.7 Å². The maximum absolute atomic E-state index is 14.2. The zero-order chi connectivity index (χ0) is 18.9. The average Bonchev–Trinajstić information content (AvgIpc) is 3.20. The van der Waals surface area contributed by atoms with Crippen molar-refractivity contribution in [2.45, 2.75) is 0 Å². The lowest BCUT2D eigenvalue weighted by molar-refractivity contribution is 0.630. The third-order valence-electron chi connectivity index (χ3n) is 4.76. The Balaban J connectivity index is 2.07. The number of halogens is 2. The first-order chi connectivity index (χ1) is 13.0. The van der Waals surface area contributed by atoms with E-state index in [0.29, 0.717) is 22.1 Å². The fraction of sp³-hybridized carbons (Fsp3) is 0.105. The second-order valence-electron chi connectivity index (χ2n) is 6.49. The van der Waals surface area contributed by atoms with E-state index in [-0.39, 0.29) is 16.1 Å². The molecule has 5 rings (SSSR count). The van der Waals surface area contributed by atoms with E-state index in [9.17, 15) is 9.18 Å². The van der Waals surface area contributed by atoms with Crippen molar-refractivity contribution in [3.05, 3.63) is 64.0 Å². The minimum Gasteiger partial charge on any atom is -0.333 e. The first-order valence-corrected chi connectivity index (χ1v) is 8.61. The molecule has 3 aromatic heterocycles. The van der Waals surface area contributed by atoms with Gasteiger partial charge in [-0.15, -0.1) is 0 Å². The Bertz CT molecular complexity index is 1450. The van der Waals surface area contributed by atoms with Crippen molar-refractivity contribution in [3.8, 4) is 5.69 Å². The molecule has 6 nitrogen and oxygen atoms in total. The van der Waals surface area contributed by atoms with Crippen LogP contribution in [0.15, 0.2) is 47.7 Å². The van der Waals surface area contributed by atoms with Crippen molar-refractivity contribution in [2.24, 2.45) is 14.1 Å². The molecule has 0 aliphatic carbocycles. The summed E-state index contributed by atoms with van der Waals surface area (Å²) < 4.78 is 19.2. The Labute approximate surface area is 157 Å². The molecule has 3 heterocycles. The molecule has 5 aromatic rings. The number of rotatable bonds is 1. The van der Waals surface area contributed by atoms with Gasteiger partial charge < -0.3 is 4.57 Å². The zero-order valence-electron chi connectivity index (χ0n) is 14.4. The highest BCUT2D eigenvalue weighted by atomic mass is 35.5. The summed E-state index contributed by atoms with van der Waals surface area (Å²) in [5, 5.41) is 5.72. The van der Waals surface area contributed by atoms with Crippen molar-refractivity contribution in [1.82, 2.24) is 23.9 Å². The predicted octanol–water partition coefficient (Wildman–Crippen LogP) is 3.56. The van der Waals surface area contributed by atoms with E-state index in [2.05, 4.69) is 10.1 Å². The smallest absolute Gasteiger partial charge is 0.283 e. The summed E-state index contributed by atoms with van der Waals surface area (Å²) in [6, 6.07) is 8.36. The van der Waals surface area contributed by atoms with Crippen LogP contribution in [0.25, 0.3) is 38.5 Å². The summed E-state index contributed by atoms with van der Waals surface area (Å²) in [5.74, 6) is -0.545. The van der Waals surface area contributed by atoms with Gasteiger partial charge in [-0.2, -0.15) is 5.10 Å².